The minimum atomic E-state index is -1.44. The van der Waals surface area contributed by atoms with Crippen LogP contribution in [-0.2, 0) is 9.59 Å². The maximum Gasteiger partial charge on any atom is 0.239 e. The van der Waals surface area contributed by atoms with Gasteiger partial charge in [-0.1, -0.05) is 23.7 Å². The van der Waals surface area contributed by atoms with Crippen LogP contribution in [0.5, 0.6) is 0 Å². The van der Waals surface area contributed by atoms with E-state index in [2.05, 4.69) is 10.6 Å². The number of benzene rings is 2. The second kappa shape index (κ2) is 7.32. The minimum Gasteiger partial charge on any atom is -0.325 e. The Hall–Kier alpha value is -2.91. The molecule has 25 heavy (non-hydrogen) atoms. The van der Waals surface area contributed by atoms with Crippen molar-refractivity contribution < 1.29 is 14.0 Å². The van der Waals surface area contributed by atoms with Gasteiger partial charge in [0, 0.05) is 5.69 Å². The third-order valence-electron chi connectivity index (χ3n) is 3.61. The predicted octanol–water partition coefficient (Wildman–Crippen LogP) is 3.95. The molecule has 0 heterocycles. The number of carbonyl (C=O) groups excluding carboxylic acids is 2. The van der Waals surface area contributed by atoms with E-state index >= 15 is 0 Å². The van der Waals surface area contributed by atoms with Crippen molar-refractivity contribution in [1.82, 2.24) is 0 Å². The lowest BCUT2D eigenvalue weighted by Crippen LogP contribution is -2.41. The Morgan fingerprint density at radius 1 is 1.12 bits per heavy atom. The number of nitrogens with one attached hydrogen (secondary N) is 2. The molecule has 0 aliphatic heterocycles. The molecule has 0 radical (unpaired) electrons. The quantitative estimate of drug-likeness (QED) is 0.811. The number of anilines is 2. The largest absolute Gasteiger partial charge is 0.325 e. The number of nitriles is 1. The van der Waals surface area contributed by atoms with Gasteiger partial charge >= 0.3 is 0 Å². The molecule has 128 valence electrons. The first-order chi connectivity index (χ1) is 11.8. The number of amides is 2. The zero-order valence-corrected chi connectivity index (χ0v) is 14.3. The van der Waals surface area contributed by atoms with Crippen LogP contribution in [0.2, 0.25) is 5.02 Å². The molecular weight excluding hydrogens is 345 g/mol. The molecule has 0 fully saturated rings. The maximum atomic E-state index is 13.2. The molecule has 2 aromatic rings. The lowest BCUT2D eigenvalue weighted by molar-refractivity contribution is -0.135. The van der Waals surface area contributed by atoms with Crippen LogP contribution in [0.4, 0.5) is 15.8 Å². The van der Waals surface area contributed by atoms with Crippen LogP contribution in [0.3, 0.4) is 0 Å². The van der Waals surface area contributed by atoms with E-state index in [-0.39, 0.29) is 16.3 Å². The van der Waals surface area contributed by atoms with Gasteiger partial charge in [-0.05, 0) is 44.2 Å². The average Bonchev–Trinajstić information content (AvgIpc) is 2.58. The molecule has 0 aromatic heterocycles. The summed E-state index contributed by atoms with van der Waals surface area (Å²) in [7, 11) is 0. The molecular formula is C18H15ClFN3O2. The Kier molecular flexibility index (Phi) is 5.40. The topological polar surface area (TPSA) is 82.0 Å². The summed E-state index contributed by atoms with van der Waals surface area (Å²) < 4.78 is 13.2. The second-order valence-corrected chi connectivity index (χ2v) is 6.23. The Bertz CT molecular complexity index is 875. The predicted molar refractivity (Wildman–Crippen MR) is 93.6 cm³/mol. The summed E-state index contributed by atoms with van der Waals surface area (Å²) in [4.78, 5) is 24.9. The molecule has 2 N–H and O–H groups in total. The summed E-state index contributed by atoms with van der Waals surface area (Å²) in [6, 6.07) is 12.2. The minimum absolute atomic E-state index is 0.136. The summed E-state index contributed by atoms with van der Waals surface area (Å²) in [5.74, 6) is -1.78. The fourth-order valence-corrected chi connectivity index (χ4v) is 2.11. The van der Waals surface area contributed by atoms with E-state index < -0.39 is 23.0 Å². The smallest absolute Gasteiger partial charge is 0.239 e. The Morgan fingerprint density at radius 3 is 2.40 bits per heavy atom. The fourth-order valence-electron chi connectivity index (χ4n) is 1.93. The first-order valence-electron chi connectivity index (χ1n) is 7.33. The molecule has 0 spiro atoms. The van der Waals surface area contributed by atoms with Crippen molar-refractivity contribution in [2.75, 3.05) is 10.6 Å². The lowest BCUT2D eigenvalue weighted by atomic mass is 9.90. The third kappa shape index (κ3) is 4.14. The van der Waals surface area contributed by atoms with Crippen LogP contribution < -0.4 is 10.6 Å². The van der Waals surface area contributed by atoms with E-state index in [1.54, 1.807) is 24.3 Å². The van der Waals surface area contributed by atoms with Crippen molar-refractivity contribution in [3.05, 3.63) is 58.9 Å². The molecule has 0 saturated heterocycles. The van der Waals surface area contributed by atoms with E-state index in [0.717, 1.165) is 6.07 Å². The van der Waals surface area contributed by atoms with Crippen molar-refractivity contribution >= 4 is 34.8 Å². The van der Waals surface area contributed by atoms with Gasteiger partial charge in [0.1, 0.15) is 17.3 Å². The zero-order chi connectivity index (χ0) is 18.6. The highest BCUT2D eigenvalue weighted by Crippen LogP contribution is 2.25. The van der Waals surface area contributed by atoms with E-state index in [1.807, 2.05) is 6.07 Å². The number of para-hydroxylation sites is 1. The third-order valence-corrected chi connectivity index (χ3v) is 3.90. The normalized spacial score (nSPS) is 10.7. The molecule has 2 aromatic carbocycles. The van der Waals surface area contributed by atoms with E-state index in [0.29, 0.717) is 5.69 Å². The lowest BCUT2D eigenvalue weighted by Gasteiger charge is -2.23. The number of hydrogen-bond donors (Lipinski definition) is 2. The highest BCUT2D eigenvalue weighted by molar-refractivity contribution is 6.31. The average molecular weight is 360 g/mol. The number of hydrogen-bond acceptors (Lipinski definition) is 3. The summed E-state index contributed by atoms with van der Waals surface area (Å²) in [6.07, 6.45) is 0. The van der Waals surface area contributed by atoms with Gasteiger partial charge in [-0.2, -0.15) is 5.26 Å². The van der Waals surface area contributed by atoms with E-state index in [1.165, 1.54) is 26.0 Å². The number of rotatable bonds is 4. The number of nitrogens with zero attached hydrogens (tertiary/aromatic N) is 1. The Morgan fingerprint density at radius 2 is 1.76 bits per heavy atom. The molecule has 0 unspecified atom stereocenters. The van der Waals surface area contributed by atoms with Crippen LogP contribution in [0.15, 0.2) is 42.5 Å². The molecule has 2 amide bonds. The van der Waals surface area contributed by atoms with Gasteiger partial charge in [0.05, 0.1) is 16.3 Å². The summed E-state index contributed by atoms with van der Waals surface area (Å²) in [5.41, 5.74) is -0.559. The van der Waals surface area contributed by atoms with Gasteiger partial charge in [0.2, 0.25) is 11.8 Å². The van der Waals surface area contributed by atoms with E-state index in [9.17, 15) is 14.0 Å². The standard InChI is InChI=1S/C18H15ClFN3O2/c1-18(2,16(24)22-12-7-8-14(20)13(19)9-12)17(25)23-15-6-4-3-5-11(15)10-21/h3-9H,1-2H3,(H,22,24)(H,23,25). The Labute approximate surface area is 149 Å². The monoisotopic (exact) mass is 359 g/mol. The van der Waals surface area contributed by atoms with Crippen LogP contribution in [0, 0.1) is 22.6 Å². The molecule has 5 nitrogen and oxygen atoms in total. The second-order valence-electron chi connectivity index (χ2n) is 5.82. The van der Waals surface area contributed by atoms with Crippen molar-refractivity contribution in [1.29, 1.82) is 5.26 Å². The molecule has 0 aliphatic rings. The summed E-state index contributed by atoms with van der Waals surface area (Å²) >= 11 is 5.68. The van der Waals surface area contributed by atoms with Gasteiger partial charge in [0.15, 0.2) is 0 Å². The van der Waals surface area contributed by atoms with Crippen molar-refractivity contribution in [2.45, 2.75) is 13.8 Å². The Balaban J connectivity index is 2.16. The highest BCUT2D eigenvalue weighted by atomic mass is 35.5. The molecule has 0 aliphatic carbocycles. The molecule has 0 saturated carbocycles. The van der Waals surface area contributed by atoms with Crippen LogP contribution >= 0.6 is 11.6 Å². The van der Waals surface area contributed by atoms with Crippen LogP contribution in [0.25, 0.3) is 0 Å². The molecule has 0 atom stereocenters. The number of carbonyl (C=O) groups is 2. The number of halogens is 2. The van der Waals surface area contributed by atoms with Gasteiger partial charge < -0.3 is 10.6 Å². The fraction of sp³-hybridized carbons (Fsp3) is 0.167. The van der Waals surface area contributed by atoms with Gasteiger partial charge in [0.25, 0.3) is 0 Å². The van der Waals surface area contributed by atoms with E-state index in [4.69, 9.17) is 16.9 Å². The van der Waals surface area contributed by atoms with Crippen molar-refractivity contribution in [3.63, 3.8) is 0 Å². The summed E-state index contributed by atoms with van der Waals surface area (Å²) in [5, 5.41) is 14.0. The first-order valence-corrected chi connectivity index (χ1v) is 7.70. The van der Waals surface area contributed by atoms with Crippen molar-refractivity contribution in [3.8, 4) is 6.07 Å². The SMILES string of the molecule is CC(C)(C(=O)Nc1ccc(F)c(Cl)c1)C(=O)Nc1ccccc1C#N. The van der Waals surface area contributed by atoms with Crippen molar-refractivity contribution in [2.24, 2.45) is 5.41 Å². The highest BCUT2D eigenvalue weighted by Gasteiger charge is 2.36. The van der Waals surface area contributed by atoms with Gasteiger partial charge in [-0.25, -0.2) is 4.39 Å². The molecule has 7 heteroatoms. The molecule has 2 rings (SSSR count). The first kappa shape index (κ1) is 18.4. The van der Waals surface area contributed by atoms with Crippen LogP contribution in [-0.4, -0.2) is 11.8 Å². The zero-order valence-electron chi connectivity index (χ0n) is 13.6. The van der Waals surface area contributed by atoms with Gasteiger partial charge in [-0.3, -0.25) is 9.59 Å². The maximum absolute atomic E-state index is 13.2. The molecule has 0 bridgehead atoms. The summed E-state index contributed by atoms with van der Waals surface area (Å²) in [6.45, 7) is 2.88. The van der Waals surface area contributed by atoms with Gasteiger partial charge in [-0.15, -0.1) is 0 Å². The van der Waals surface area contributed by atoms with Crippen LogP contribution in [0.1, 0.15) is 19.4 Å².